The van der Waals surface area contributed by atoms with Crippen LogP contribution in [0.15, 0.2) is 93.8 Å². The minimum absolute atomic E-state index is 0.0129. The Morgan fingerprint density at radius 2 is 1.47 bits per heavy atom. The Kier molecular flexibility index (Phi) is 10.2. The maximum atomic E-state index is 14.9. The molecule has 0 aliphatic carbocycles. The number of anilines is 2. The summed E-state index contributed by atoms with van der Waals surface area (Å²) in [5, 5.41) is 4.10. The number of hydrogen-bond donors (Lipinski definition) is 0. The van der Waals surface area contributed by atoms with Gasteiger partial charge in [-0.15, -0.1) is 0 Å². The molecule has 3 aromatic carbocycles. The van der Waals surface area contributed by atoms with Crippen molar-refractivity contribution < 1.29 is 23.0 Å². The van der Waals surface area contributed by atoms with Gasteiger partial charge in [0, 0.05) is 62.3 Å². The van der Waals surface area contributed by atoms with E-state index in [-0.39, 0.29) is 38.4 Å². The van der Waals surface area contributed by atoms with Crippen molar-refractivity contribution in [2.75, 3.05) is 49.2 Å². The summed E-state index contributed by atoms with van der Waals surface area (Å²) in [5.74, 6) is -2.39. The predicted octanol–water partition coefficient (Wildman–Crippen LogP) is 3.13. The lowest BCUT2D eigenvalue weighted by molar-refractivity contribution is -0.192. The van der Waals surface area contributed by atoms with E-state index < -0.39 is 40.6 Å². The Hall–Kier alpha value is -5.61. The van der Waals surface area contributed by atoms with Crippen LogP contribution < -0.4 is 31.6 Å². The molecule has 53 heavy (non-hydrogen) atoms. The fourth-order valence-electron chi connectivity index (χ4n) is 6.80. The van der Waals surface area contributed by atoms with Gasteiger partial charge in [-0.25, -0.2) is 46.5 Å². The SMILES string of the molecule is CCCn1c(=O)n(CC)c(=O)n(-c2ccc(N3CCN(c4ccc(OC[C@@H]5CO[C@@](Cn6cncn6)(c6ccc(F)cc6F)O5)cc4)CC3)cc2)c1=O. The first-order chi connectivity index (χ1) is 25.7. The number of ether oxygens (including phenoxy) is 3. The summed E-state index contributed by atoms with van der Waals surface area (Å²) in [6, 6.07) is 18.3. The second-order valence-electron chi connectivity index (χ2n) is 12.9. The third-order valence-corrected chi connectivity index (χ3v) is 9.50. The first kappa shape index (κ1) is 35.8. The van der Waals surface area contributed by atoms with Crippen LogP contribution in [0.2, 0.25) is 0 Å². The number of piperazine rings is 1. The third-order valence-electron chi connectivity index (χ3n) is 9.50. The molecule has 2 fully saturated rings. The molecular weight excluding hydrogens is 690 g/mol. The molecule has 2 atom stereocenters. The zero-order chi connectivity index (χ0) is 37.1. The van der Waals surface area contributed by atoms with Gasteiger partial charge < -0.3 is 24.0 Å². The standard InChI is InChI=1S/C37H40F2N8O6/c1-3-15-46-34(48)45(4-2)35(49)47(36(46)50)29-8-6-27(7-9-29)42-16-18-43(19-17-42)28-10-12-30(13-11-28)51-21-31-22-52-37(53-31,23-44-25-40-24-41-44)32-14-5-26(38)20-33(32)39/h5-14,20,24-25,31H,3-4,15-19,21-23H2,1-2H3/t31-,37-/m1/s1. The molecule has 0 radical (unpaired) electrons. The van der Waals surface area contributed by atoms with E-state index in [0.29, 0.717) is 17.9 Å². The van der Waals surface area contributed by atoms with Gasteiger partial charge in [0.05, 0.1) is 12.3 Å². The highest BCUT2D eigenvalue weighted by Gasteiger charge is 2.46. The second-order valence-corrected chi connectivity index (χ2v) is 12.9. The van der Waals surface area contributed by atoms with Gasteiger partial charge in [0.2, 0.25) is 5.79 Å². The van der Waals surface area contributed by atoms with Gasteiger partial charge >= 0.3 is 17.1 Å². The Balaban J connectivity index is 0.952. The van der Waals surface area contributed by atoms with Crippen molar-refractivity contribution in [1.29, 1.82) is 0 Å². The summed E-state index contributed by atoms with van der Waals surface area (Å²) in [7, 11) is 0. The molecule has 2 aromatic heterocycles. The first-order valence-electron chi connectivity index (χ1n) is 17.6. The highest BCUT2D eigenvalue weighted by molar-refractivity contribution is 5.54. The summed E-state index contributed by atoms with van der Waals surface area (Å²) in [4.78, 5) is 47.3. The lowest BCUT2D eigenvalue weighted by Crippen LogP contribution is -2.53. The maximum absolute atomic E-state index is 14.9. The number of hydrogen-bond acceptors (Lipinski definition) is 10. The second kappa shape index (κ2) is 15.2. The summed E-state index contributed by atoms with van der Waals surface area (Å²) < 4.78 is 51.6. The minimum atomic E-state index is -1.53. The molecule has 0 unspecified atom stereocenters. The average molecular weight is 731 g/mol. The predicted molar refractivity (Wildman–Crippen MR) is 192 cm³/mol. The Labute approximate surface area is 303 Å². The van der Waals surface area contributed by atoms with Gasteiger partial charge in [-0.05, 0) is 74.0 Å². The molecule has 4 heterocycles. The quantitative estimate of drug-likeness (QED) is 0.189. The van der Waals surface area contributed by atoms with E-state index in [1.54, 1.807) is 19.1 Å². The van der Waals surface area contributed by atoms with Crippen LogP contribution in [0.3, 0.4) is 0 Å². The van der Waals surface area contributed by atoms with Gasteiger partial charge in [-0.3, -0.25) is 0 Å². The van der Waals surface area contributed by atoms with Gasteiger partial charge in [-0.2, -0.15) is 5.10 Å². The molecule has 0 N–H and O–H groups in total. The molecule has 0 amide bonds. The molecular formula is C37H40F2N8O6. The summed E-state index contributed by atoms with van der Waals surface area (Å²) in [6.45, 7) is 7.31. The zero-order valence-electron chi connectivity index (χ0n) is 29.4. The van der Waals surface area contributed by atoms with E-state index in [2.05, 4.69) is 19.9 Å². The fourth-order valence-corrected chi connectivity index (χ4v) is 6.80. The third kappa shape index (κ3) is 7.24. The van der Waals surface area contributed by atoms with E-state index in [1.165, 1.54) is 23.4 Å². The van der Waals surface area contributed by atoms with E-state index in [1.807, 2.05) is 43.3 Å². The highest BCUT2D eigenvalue weighted by atomic mass is 19.1. The molecule has 14 nitrogen and oxygen atoms in total. The largest absolute Gasteiger partial charge is 0.491 e. The smallest absolute Gasteiger partial charge is 0.340 e. The first-order valence-corrected chi connectivity index (χ1v) is 17.6. The van der Waals surface area contributed by atoms with Crippen LogP contribution in [0.5, 0.6) is 5.75 Å². The summed E-state index contributed by atoms with van der Waals surface area (Å²) in [6.07, 6.45) is 2.88. The Morgan fingerprint density at radius 3 is 2.08 bits per heavy atom. The average Bonchev–Trinajstić information content (AvgIpc) is 3.84. The van der Waals surface area contributed by atoms with Crippen molar-refractivity contribution in [2.45, 2.75) is 51.8 Å². The van der Waals surface area contributed by atoms with Crippen LogP contribution in [0.4, 0.5) is 20.2 Å². The van der Waals surface area contributed by atoms with Crippen molar-refractivity contribution in [3.8, 4) is 11.4 Å². The molecule has 278 valence electrons. The highest BCUT2D eigenvalue weighted by Crippen LogP contribution is 2.38. The number of halogens is 2. The van der Waals surface area contributed by atoms with Crippen molar-refractivity contribution in [2.24, 2.45) is 0 Å². The van der Waals surface area contributed by atoms with Crippen LogP contribution >= 0.6 is 0 Å². The van der Waals surface area contributed by atoms with Gasteiger partial charge in [-0.1, -0.05) is 6.92 Å². The van der Waals surface area contributed by atoms with Crippen LogP contribution in [0.1, 0.15) is 25.8 Å². The van der Waals surface area contributed by atoms with Crippen LogP contribution in [-0.4, -0.2) is 74.0 Å². The summed E-state index contributed by atoms with van der Waals surface area (Å²) >= 11 is 0. The topological polar surface area (TPSA) is 131 Å². The van der Waals surface area contributed by atoms with Crippen LogP contribution in [0.25, 0.3) is 5.69 Å². The van der Waals surface area contributed by atoms with Crippen LogP contribution in [-0.2, 0) is 34.9 Å². The number of nitrogens with zero attached hydrogens (tertiary/aromatic N) is 8. The van der Waals surface area contributed by atoms with E-state index in [9.17, 15) is 23.2 Å². The maximum Gasteiger partial charge on any atom is 0.340 e. The van der Waals surface area contributed by atoms with Gasteiger partial charge in [0.25, 0.3) is 0 Å². The molecule has 2 aliphatic heterocycles. The lowest BCUT2D eigenvalue weighted by atomic mass is 10.0. The van der Waals surface area contributed by atoms with E-state index in [0.717, 1.165) is 63.4 Å². The van der Waals surface area contributed by atoms with Crippen molar-refractivity contribution >= 4 is 11.4 Å². The number of aromatic nitrogens is 6. The Bertz CT molecular complexity index is 2210. The van der Waals surface area contributed by atoms with Crippen molar-refractivity contribution in [3.63, 3.8) is 0 Å². The van der Waals surface area contributed by atoms with Crippen molar-refractivity contribution in [1.82, 2.24) is 28.5 Å². The molecule has 0 spiro atoms. The normalized spacial score (nSPS) is 18.8. The Morgan fingerprint density at radius 1 is 0.830 bits per heavy atom. The number of benzene rings is 3. The molecule has 0 saturated carbocycles. The van der Waals surface area contributed by atoms with Gasteiger partial charge in [0.15, 0.2) is 0 Å². The van der Waals surface area contributed by atoms with E-state index in [4.69, 9.17) is 14.2 Å². The van der Waals surface area contributed by atoms with Gasteiger partial charge in [0.1, 0.15) is 49.3 Å². The monoisotopic (exact) mass is 730 g/mol. The van der Waals surface area contributed by atoms with E-state index >= 15 is 0 Å². The molecule has 7 rings (SSSR count). The zero-order valence-corrected chi connectivity index (χ0v) is 29.4. The minimum Gasteiger partial charge on any atom is -0.491 e. The van der Waals surface area contributed by atoms with Crippen molar-refractivity contribution in [3.05, 3.63) is 128 Å². The lowest BCUT2D eigenvalue weighted by Gasteiger charge is -2.37. The summed E-state index contributed by atoms with van der Waals surface area (Å²) in [5.41, 5.74) is 0.616. The molecule has 2 saturated heterocycles. The molecule has 2 aliphatic rings. The molecule has 0 bridgehead atoms. The molecule has 16 heteroatoms. The number of rotatable bonds is 12. The fraction of sp³-hybridized carbons (Fsp3) is 0.378. The molecule has 5 aromatic rings. The van der Waals surface area contributed by atoms with Crippen LogP contribution in [0, 0.1) is 11.6 Å².